The van der Waals surface area contributed by atoms with Gasteiger partial charge < -0.3 is 20.9 Å². The number of likely N-dealkylation sites (N-methyl/N-ethyl adjacent to an activating group) is 1. The van der Waals surface area contributed by atoms with Crippen LogP contribution >= 0.6 is 12.2 Å². The first-order chi connectivity index (χ1) is 9.13. The molecular formula is C14H22N4S. The maximum absolute atomic E-state index is 5.44. The molecule has 0 spiro atoms. The first kappa shape index (κ1) is 14.2. The fourth-order valence-corrected chi connectivity index (χ4v) is 2.37. The molecule has 5 heteroatoms. The number of anilines is 1. The van der Waals surface area contributed by atoms with Crippen molar-refractivity contribution >= 4 is 23.0 Å². The Labute approximate surface area is 120 Å². The summed E-state index contributed by atoms with van der Waals surface area (Å²) in [5, 5.41) is 3.25. The molecule has 0 radical (unpaired) electrons. The van der Waals surface area contributed by atoms with Gasteiger partial charge in [0.25, 0.3) is 0 Å². The highest BCUT2D eigenvalue weighted by Crippen LogP contribution is 2.10. The van der Waals surface area contributed by atoms with Crippen LogP contribution in [0.2, 0.25) is 0 Å². The minimum atomic E-state index is 0.310. The zero-order valence-electron chi connectivity index (χ0n) is 11.4. The van der Waals surface area contributed by atoms with E-state index in [0.29, 0.717) is 5.11 Å². The van der Waals surface area contributed by atoms with E-state index in [4.69, 9.17) is 18.0 Å². The highest BCUT2D eigenvalue weighted by molar-refractivity contribution is 7.80. The smallest absolute Gasteiger partial charge is 0.168 e. The van der Waals surface area contributed by atoms with E-state index in [2.05, 4.69) is 34.3 Å². The third-order valence-electron chi connectivity index (χ3n) is 3.53. The maximum atomic E-state index is 5.44. The molecular weight excluding hydrogens is 256 g/mol. The molecule has 4 nitrogen and oxygen atoms in total. The van der Waals surface area contributed by atoms with Gasteiger partial charge in [0.1, 0.15) is 0 Å². The fourth-order valence-electron chi connectivity index (χ4n) is 2.26. The lowest BCUT2D eigenvalue weighted by atomic mass is 10.1. The Morgan fingerprint density at radius 3 is 2.42 bits per heavy atom. The van der Waals surface area contributed by atoms with Gasteiger partial charge in [-0.3, -0.25) is 0 Å². The molecule has 0 atom stereocenters. The molecule has 1 heterocycles. The van der Waals surface area contributed by atoms with Gasteiger partial charge in [0.05, 0.1) is 0 Å². The van der Waals surface area contributed by atoms with Crippen LogP contribution in [-0.2, 0) is 6.42 Å². The van der Waals surface area contributed by atoms with Crippen molar-refractivity contribution in [1.29, 1.82) is 0 Å². The zero-order chi connectivity index (χ0) is 13.7. The summed E-state index contributed by atoms with van der Waals surface area (Å²) in [4.78, 5) is 4.91. The van der Waals surface area contributed by atoms with Gasteiger partial charge >= 0.3 is 0 Å². The molecule has 1 saturated heterocycles. The molecule has 0 saturated carbocycles. The van der Waals surface area contributed by atoms with Gasteiger partial charge in [0, 0.05) is 38.4 Å². The number of benzene rings is 1. The SMILES string of the molecule is CN1CCN(CCc2ccc(NC(N)=S)cc2)CC1. The molecule has 1 aliphatic heterocycles. The second kappa shape index (κ2) is 6.84. The monoisotopic (exact) mass is 278 g/mol. The van der Waals surface area contributed by atoms with Crippen molar-refractivity contribution in [2.45, 2.75) is 6.42 Å². The molecule has 1 aliphatic rings. The Hall–Kier alpha value is -1.17. The summed E-state index contributed by atoms with van der Waals surface area (Å²) in [6, 6.07) is 8.32. The second-order valence-electron chi connectivity index (χ2n) is 5.08. The first-order valence-corrected chi connectivity index (χ1v) is 7.10. The fraction of sp³-hybridized carbons (Fsp3) is 0.500. The van der Waals surface area contributed by atoms with E-state index in [0.717, 1.165) is 18.7 Å². The van der Waals surface area contributed by atoms with E-state index in [1.165, 1.54) is 31.7 Å². The van der Waals surface area contributed by atoms with Crippen LogP contribution in [-0.4, -0.2) is 54.7 Å². The second-order valence-corrected chi connectivity index (χ2v) is 5.52. The van der Waals surface area contributed by atoms with E-state index < -0.39 is 0 Å². The van der Waals surface area contributed by atoms with Gasteiger partial charge in [0.2, 0.25) is 0 Å². The van der Waals surface area contributed by atoms with Crippen LogP contribution in [0.15, 0.2) is 24.3 Å². The van der Waals surface area contributed by atoms with Gasteiger partial charge in [-0.05, 0) is 43.4 Å². The predicted molar refractivity (Wildman–Crippen MR) is 84.5 cm³/mol. The molecule has 1 fully saturated rings. The molecule has 1 aromatic carbocycles. The van der Waals surface area contributed by atoms with Crippen molar-refractivity contribution in [3.05, 3.63) is 29.8 Å². The van der Waals surface area contributed by atoms with Crippen LogP contribution in [0.1, 0.15) is 5.56 Å². The van der Waals surface area contributed by atoms with Gasteiger partial charge in [-0.15, -0.1) is 0 Å². The molecule has 0 amide bonds. The average molecular weight is 278 g/mol. The number of hydrogen-bond acceptors (Lipinski definition) is 3. The molecule has 0 bridgehead atoms. The average Bonchev–Trinajstić information content (AvgIpc) is 2.39. The number of nitrogens with one attached hydrogen (secondary N) is 1. The Morgan fingerprint density at radius 1 is 1.21 bits per heavy atom. The van der Waals surface area contributed by atoms with Crippen LogP contribution in [0.5, 0.6) is 0 Å². The molecule has 19 heavy (non-hydrogen) atoms. The largest absolute Gasteiger partial charge is 0.376 e. The Balaban J connectivity index is 1.78. The van der Waals surface area contributed by atoms with Crippen molar-refractivity contribution in [2.75, 3.05) is 45.1 Å². The summed E-state index contributed by atoms with van der Waals surface area (Å²) < 4.78 is 0. The molecule has 3 N–H and O–H groups in total. The standard InChI is InChI=1S/C14H22N4S/c1-17-8-10-18(11-9-17)7-6-12-2-4-13(5-3-12)16-14(15)19/h2-5H,6-11H2,1H3,(H3,15,16,19). The predicted octanol–water partition coefficient (Wildman–Crippen LogP) is 1.13. The first-order valence-electron chi connectivity index (χ1n) is 6.70. The lowest BCUT2D eigenvalue weighted by Crippen LogP contribution is -2.45. The van der Waals surface area contributed by atoms with Crippen molar-refractivity contribution in [2.24, 2.45) is 5.73 Å². The van der Waals surface area contributed by atoms with Gasteiger partial charge in [-0.2, -0.15) is 0 Å². The number of nitrogens with two attached hydrogens (primary N) is 1. The third kappa shape index (κ3) is 4.78. The maximum Gasteiger partial charge on any atom is 0.168 e. The van der Waals surface area contributed by atoms with Crippen LogP contribution in [0.25, 0.3) is 0 Å². The number of piperazine rings is 1. The third-order valence-corrected chi connectivity index (χ3v) is 3.64. The lowest BCUT2D eigenvalue weighted by molar-refractivity contribution is 0.155. The van der Waals surface area contributed by atoms with Crippen molar-refractivity contribution in [3.8, 4) is 0 Å². The van der Waals surface area contributed by atoms with Crippen LogP contribution in [0.3, 0.4) is 0 Å². The summed E-state index contributed by atoms with van der Waals surface area (Å²) in [5.41, 5.74) is 7.75. The molecule has 104 valence electrons. The van der Waals surface area contributed by atoms with Crippen LogP contribution in [0, 0.1) is 0 Å². The van der Waals surface area contributed by atoms with E-state index in [-0.39, 0.29) is 0 Å². The number of nitrogens with zero attached hydrogens (tertiary/aromatic N) is 2. The minimum absolute atomic E-state index is 0.310. The minimum Gasteiger partial charge on any atom is -0.376 e. The number of hydrogen-bond donors (Lipinski definition) is 2. The van der Waals surface area contributed by atoms with Crippen LogP contribution in [0.4, 0.5) is 5.69 Å². The number of rotatable bonds is 4. The summed E-state index contributed by atoms with van der Waals surface area (Å²) in [6.45, 7) is 5.85. The normalized spacial score (nSPS) is 17.3. The van der Waals surface area contributed by atoms with Gasteiger partial charge in [-0.1, -0.05) is 12.1 Å². The van der Waals surface area contributed by atoms with Crippen LogP contribution < -0.4 is 11.1 Å². The summed E-state index contributed by atoms with van der Waals surface area (Å²) in [7, 11) is 2.19. The molecule has 2 rings (SSSR count). The Morgan fingerprint density at radius 2 is 1.84 bits per heavy atom. The van der Waals surface area contributed by atoms with E-state index in [9.17, 15) is 0 Å². The summed E-state index contributed by atoms with van der Waals surface area (Å²) >= 11 is 4.81. The van der Waals surface area contributed by atoms with Crippen molar-refractivity contribution < 1.29 is 0 Å². The van der Waals surface area contributed by atoms with E-state index in [1.807, 2.05) is 12.1 Å². The summed E-state index contributed by atoms with van der Waals surface area (Å²) in [5.74, 6) is 0. The molecule has 0 aliphatic carbocycles. The highest BCUT2D eigenvalue weighted by atomic mass is 32.1. The Kier molecular flexibility index (Phi) is 5.13. The molecule has 0 aromatic heterocycles. The van der Waals surface area contributed by atoms with Crippen molar-refractivity contribution in [1.82, 2.24) is 9.80 Å². The zero-order valence-corrected chi connectivity index (χ0v) is 12.2. The van der Waals surface area contributed by atoms with E-state index >= 15 is 0 Å². The lowest BCUT2D eigenvalue weighted by Gasteiger charge is -2.32. The van der Waals surface area contributed by atoms with Gasteiger partial charge in [-0.25, -0.2) is 0 Å². The highest BCUT2D eigenvalue weighted by Gasteiger charge is 2.12. The Bertz CT molecular complexity index is 410. The topological polar surface area (TPSA) is 44.5 Å². The van der Waals surface area contributed by atoms with E-state index in [1.54, 1.807) is 0 Å². The van der Waals surface area contributed by atoms with Crippen molar-refractivity contribution in [3.63, 3.8) is 0 Å². The quantitative estimate of drug-likeness (QED) is 0.809. The number of thiocarbonyl (C=S) groups is 1. The summed E-state index contributed by atoms with van der Waals surface area (Å²) in [6.07, 6.45) is 1.09. The molecule has 1 aromatic rings. The van der Waals surface area contributed by atoms with Gasteiger partial charge in [0.15, 0.2) is 5.11 Å². The molecule has 0 unspecified atom stereocenters.